The van der Waals surface area contributed by atoms with Crippen LogP contribution in [0.15, 0.2) is 29.1 Å². The summed E-state index contributed by atoms with van der Waals surface area (Å²) in [6.07, 6.45) is 3.56. The Balaban J connectivity index is 1.27. The van der Waals surface area contributed by atoms with Crippen molar-refractivity contribution in [1.82, 2.24) is 15.3 Å². The van der Waals surface area contributed by atoms with Gasteiger partial charge in [-0.15, -0.1) is 23.1 Å². The summed E-state index contributed by atoms with van der Waals surface area (Å²) >= 11 is 3.01. The van der Waals surface area contributed by atoms with Gasteiger partial charge < -0.3 is 10.3 Å². The third-order valence-corrected chi connectivity index (χ3v) is 6.90. The fourth-order valence-corrected chi connectivity index (χ4v) is 5.44. The number of carbonyl (C=O) groups excluding carboxylic acids is 1. The van der Waals surface area contributed by atoms with Gasteiger partial charge in [0.2, 0.25) is 5.91 Å². The van der Waals surface area contributed by atoms with E-state index < -0.39 is 0 Å². The van der Waals surface area contributed by atoms with Crippen LogP contribution in [0.25, 0.3) is 10.2 Å². The summed E-state index contributed by atoms with van der Waals surface area (Å²) in [5.74, 6) is 0.964. The third-order valence-electron chi connectivity index (χ3n) is 4.77. The number of fused-ring (bicyclic) bond motifs is 3. The average molecular weight is 418 g/mol. The second-order valence-electron chi connectivity index (χ2n) is 6.73. The van der Waals surface area contributed by atoms with Crippen molar-refractivity contribution in [2.45, 2.75) is 31.4 Å². The molecule has 0 spiro atoms. The topological polar surface area (TPSA) is 74.8 Å². The number of aromatic nitrogens is 2. The first-order valence-electron chi connectivity index (χ1n) is 9.23. The summed E-state index contributed by atoms with van der Waals surface area (Å²) in [7, 11) is 0. The van der Waals surface area contributed by atoms with Crippen molar-refractivity contribution in [3.05, 3.63) is 62.3 Å². The number of carbonyl (C=O) groups is 1. The molecule has 2 N–H and O–H groups in total. The van der Waals surface area contributed by atoms with Crippen LogP contribution < -0.4 is 10.9 Å². The molecule has 0 atom stereocenters. The largest absolute Gasteiger partial charge is 0.355 e. The Hall–Kier alpha value is -2.19. The molecule has 2 heterocycles. The molecular weight excluding hydrogens is 397 g/mol. The van der Waals surface area contributed by atoms with E-state index in [1.54, 1.807) is 29.5 Å². The first-order chi connectivity index (χ1) is 13.6. The first-order valence-corrected chi connectivity index (χ1v) is 11.2. The van der Waals surface area contributed by atoms with Crippen LogP contribution >= 0.6 is 23.1 Å². The maximum absolute atomic E-state index is 13.5. The number of hydrogen-bond acceptors (Lipinski definition) is 5. The van der Waals surface area contributed by atoms with Gasteiger partial charge in [-0.25, -0.2) is 9.37 Å². The molecule has 0 aliphatic heterocycles. The lowest BCUT2D eigenvalue weighted by molar-refractivity contribution is -0.118. The molecule has 0 radical (unpaired) electrons. The summed E-state index contributed by atoms with van der Waals surface area (Å²) in [4.78, 5) is 33.9. The van der Waals surface area contributed by atoms with Crippen LogP contribution in [0.1, 0.15) is 28.2 Å². The molecule has 146 valence electrons. The van der Waals surface area contributed by atoms with Crippen molar-refractivity contribution in [2.24, 2.45) is 0 Å². The van der Waals surface area contributed by atoms with E-state index in [9.17, 15) is 14.0 Å². The van der Waals surface area contributed by atoms with Gasteiger partial charge >= 0.3 is 0 Å². The molecule has 1 amide bonds. The summed E-state index contributed by atoms with van der Waals surface area (Å²) in [5, 5.41) is 3.54. The number of thioether (sulfide) groups is 1. The van der Waals surface area contributed by atoms with E-state index in [-0.39, 0.29) is 23.0 Å². The second-order valence-corrected chi connectivity index (χ2v) is 8.80. The third kappa shape index (κ3) is 4.12. The number of aromatic amines is 1. The minimum Gasteiger partial charge on any atom is -0.355 e. The number of halogens is 1. The maximum atomic E-state index is 13.5. The molecule has 5 nitrogen and oxygen atoms in total. The Morgan fingerprint density at radius 2 is 2.18 bits per heavy atom. The lowest BCUT2D eigenvalue weighted by Gasteiger charge is -2.06. The van der Waals surface area contributed by atoms with Gasteiger partial charge in [-0.2, -0.15) is 0 Å². The van der Waals surface area contributed by atoms with Gasteiger partial charge in [0.15, 0.2) is 0 Å². The van der Waals surface area contributed by atoms with Crippen LogP contribution in [0.5, 0.6) is 0 Å². The highest BCUT2D eigenvalue weighted by Gasteiger charge is 2.21. The van der Waals surface area contributed by atoms with Crippen molar-refractivity contribution in [3.8, 4) is 0 Å². The van der Waals surface area contributed by atoms with E-state index >= 15 is 0 Å². The number of H-pyrrole nitrogens is 1. The number of benzene rings is 1. The summed E-state index contributed by atoms with van der Waals surface area (Å²) in [6, 6.07) is 6.56. The molecule has 0 saturated carbocycles. The number of thiophene rings is 1. The molecule has 0 saturated heterocycles. The van der Waals surface area contributed by atoms with Crippen LogP contribution in [-0.2, 0) is 29.8 Å². The molecule has 0 bridgehead atoms. The molecule has 1 aromatic carbocycles. The molecule has 1 aliphatic rings. The Kier molecular flexibility index (Phi) is 5.77. The average Bonchev–Trinajstić information content (AvgIpc) is 3.24. The molecule has 4 rings (SSSR count). The van der Waals surface area contributed by atoms with Crippen molar-refractivity contribution >= 4 is 39.2 Å². The number of amides is 1. The van der Waals surface area contributed by atoms with E-state index in [4.69, 9.17) is 0 Å². The van der Waals surface area contributed by atoms with Crippen LogP contribution in [-0.4, -0.2) is 28.2 Å². The molecule has 2 aromatic heterocycles. The lowest BCUT2D eigenvalue weighted by atomic mass is 10.1. The predicted octanol–water partition coefficient (Wildman–Crippen LogP) is 3.20. The maximum Gasteiger partial charge on any atom is 0.259 e. The van der Waals surface area contributed by atoms with E-state index in [1.807, 2.05) is 0 Å². The molecular formula is C20H20FN3O2S2. The zero-order chi connectivity index (χ0) is 19.5. The highest BCUT2D eigenvalue weighted by atomic mass is 32.2. The van der Waals surface area contributed by atoms with Gasteiger partial charge in [-0.3, -0.25) is 9.59 Å². The second kappa shape index (κ2) is 8.45. The Morgan fingerprint density at radius 1 is 1.32 bits per heavy atom. The molecule has 28 heavy (non-hydrogen) atoms. The number of aryl methyl sites for hydroxylation is 2. The van der Waals surface area contributed by atoms with E-state index in [0.717, 1.165) is 29.5 Å². The van der Waals surface area contributed by atoms with Gasteiger partial charge in [0.1, 0.15) is 16.5 Å². The standard InChI is InChI=1S/C20H20FN3O2S2/c21-14-6-2-1-4-12(14)8-9-22-17(25)11-27-10-16-23-19(26)18-13-5-3-7-15(13)28-20(18)24-16/h1-2,4,6H,3,5,7-11H2,(H,22,25)(H,23,24,26). The fourth-order valence-electron chi connectivity index (χ4n) is 3.44. The summed E-state index contributed by atoms with van der Waals surface area (Å²) < 4.78 is 13.5. The van der Waals surface area contributed by atoms with Crippen LogP contribution in [0.4, 0.5) is 4.39 Å². The molecule has 1 aliphatic carbocycles. The van der Waals surface area contributed by atoms with Gasteiger partial charge in [0.25, 0.3) is 5.56 Å². The highest BCUT2D eigenvalue weighted by Crippen LogP contribution is 2.34. The van der Waals surface area contributed by atoms with Crippen molar-refractivity contribution in [3.63, 3.8) is 0 Å². The first kappa shape index (κ1) is 19.1. The van der Waals surface area contributed by atoms with Crippen LogP contribution in [0.2, 0.25) is 0 Å². The SMILES string of the molecule is O=C(CSCc1nc2sc3c(c2c(=O)[nH]1)CCC3)NCCc1ccccc1F. The minimum atomic E-state index is -0.254. The number of hydrogen-bond donors (Lipinski definition) is 2. The molecule has 0 fully saturated rings. The molecule has 0 unspecified atom stereocenters. The smallest absolute Gasteiger partial charge is 0.259 e. The number of nitrogens with one attached hydrogen (secondary N) is 2. The number of nitrogens with zero attached hydrogens (tertiary/aromatic N) is 1. The zero-order valence-corrected chi connectivity index (χ0v) is 16.9. The quantitative estimate of drug-likeness (QED) is 0.619. The molecule has 8 heteroatoms. The molecule has 3 aromatic rings. The Bertz CT molecular complexity index is 1080. The monoisotopic (exact) mass is 417 g/mol. The predicted molar refractivity (Wildman–Crippen MR) is 112 cm³/mol. The van der Waals surface area contributed by atoms with Gasteiger partial charge in [-0.05, 0) is 42.9 Å². The van der Waals surface area contributed by atoms with Gasteiger partial charge in [0, 0.05) is 11.4 Å². The van der Waals surface area contributed by atoms with E-state index in [1.165, 1.54) is 28.3 Å². The Morgan fingerprint density at radius 3 is 3.04 bits per heavy atom. The van der Waals surface area contributed by atoms with E-state index in [2.05, 4.69) is 15.3 Å². The van der Waals surface area contributed by atoms with Gasteiger partial charge in [-0.1, -0.05) is 18.2 Å². The number of rotatable bonds is 7. The van der Waals surface area contributed by atoms with Crippen molar-refractivity contribution in [2.75, 3.05) is 12.3 Å². The van der Waals surface area contributed by atoms with E-state index in [0.29, 0.717) is 30.1 Å². The zero-order valence-electron chi connectivity index (χ0n) is 15.2. The minimum absolute atomic E-state index is 0.0747. The van der Waals surface area contributed by atoms with Crippen molar-refractivity contribution in [1.29, 1.82) is 0 Å². The van der Waals surface area contributed by atoms with Gasteiger partial charge in [0.05, 0.1) is 16.9 Å². The normalized spacial score (nSPS) is 13.0. The fraction of sp³-hybridized carbons (Fsp3) is 0.350. The van der Waals surface area contributed by atoms with Crippen LogP contribution in [0.3, 0.4) is 0 Å². The highest BCUT2D eigenvalue weighted by molar-refractivity contribution is 7.99. The lowest BCUT2D eigenvalue weighted by Crippen LogP contribution is -2.27. The van der Waals surface area contributed by atoms with Crippen molar-refractivity contribution < 1.29 is 9.18 Å². The Labute approximate surface area is 169 Å². The summed E-state index contributed by atoms with van der Waals surface area (Å²) in [5.41, 5.74) is 1.69. The summed E-state index contributed by atoms with van der Waals surface area (Å²) in [6.45, 7) is 0.391. The van der Waals surface area contributed by atoms with Crippen LogP contribution in [0, 0.1) is 5.82 Å².